The number of ether oxygens (including phenoxy) is 1. The van der Waals surface area contributed by atoms with Crippen LogP contribution >= 0.6 is 0 Å². The molecule has 0 saturated heterocycles. The van der Waals surface area contributed by atoms with Gasteiger partial charge in [-0.3, -0.25) is 0 Å². The minimum absolute atomic E-state index is 0.316. The number of nitrogens with zero attached hydrogens (tertiary/aromatic N) is 2. The lowest BCUT2D eigenvalue weighted by molar-refractivity contribution is -0.138. The lowest BCUT2D eigenvalue weighted by Crippen LogP contribution is -2.20. The van der Waals surface area contributed by atoms with Gasteiger partial charge in [0.2, 0.25) is 0 Å². The Morgan fingerprint density at radius 3 is 2.52 bits per heavy atom. The van der Waals surface area contributed by atoms with Crippen LogP contribution in [0.15, 0.2) is 40.6 Å². The van der Waals surface area contributed by atoms with E-state index in [0.717, 1.165) is 18.6 Å². The van der Waals surface area contributed by atoms with Gasteiger partial charge in [-0.1, -0.05) is 57.2 Å². The van der Waals surface area contributed by atoms with Crippen molar-refractivity contribution in [3.63, 3.8) is 0 Å². The van der Waals surface area contributed by atoms with Gasteiger partial charge in [0.15, 0.2) is 6.04 Å². The molecule has 0 bridgehead atoms. The predicted molar refractivity (Wildman–Crippen MR) is 91.1 cm³/mol. The average Bonchev–Trinajstić information content (AvgIpc) is 2.56. The van der Waals surface area contributed by atoms with E-state index in [1.54, 1.807) is 0 Å². The SMILES string of the molecule is CCCCCCCCN=NC(CCOc1ccccc1)C(=O)O. The number of unbranched alkanes of at least 4 members (excludes halogenated alkanes) is 5. The van der Waals surface area contributed by atoms with Crippen LogP contribution in [0, 0.1) is 0 Å². The van der Waals surface area contributed by atoms with E-state index in [0.29, 0.717) is 19.6 Å². The maximum atomic E-state index is 11.2. The predicted octanol–water partition coefficient (Wildman–Crippen LogP) is 4.72. The van der Waals surface area contributed by atoms with Crippen LogP contribution in [-0.2, 0) is 4.79 Å². The van der Waals surface area contributed by atoms with Gasteiger partial charge in [0.05, 0.1) is 13.2 Å². The number of hydrogen-bond acceptors (Lipinski definition) is 4. The fourth-order valence-corrected chi connectivity index (χ4v) is 2.15. The zero-order chi connectivity index (χ0) is 16.8. The van der Waals surface area contributed by atoms with Crippen molar-refractivity contribution in [1.82, 2.24) is 0 Å². The van der Waals surface area contributed by atoms with Gasteiger partial charge in [-0.25, -0.2) is 4.79 Å². The van der Waals surface area contributed by atoms with Gasteiger partial charge in [-0.05, 0) is 18.6 Å². The second kappa shape index (κ2) is 12.6. The molecule has 1 unspecified atom stereocenters. The second-order valence-corrected chi connectivity index (χ2v) is 5.55. The van der Waals surface area contributed by atoms with Crippen molar-refractivity contribution < 1.29 is 14.6 Å². The van der Waals surface area contributed by atoms with E-state index in [4.69, 9.17) is 9.84 Å². The topological polar surface area (TPSA) is 71.2 Å². The van der Waals surface area contributed by atoms with Crippen LogP contribution in [0.25, 0.3) is 0 Å². The minimum Gasteiger partial charge on any atom is -0.493 e. The molecule has 1 atom stereocenters. The third-order valence-corrected chi connectivity index (χ3v) is 3.52. The Morgan fingerprint density at radius 1 is 1.13 bits per heavy atom. The first-order chi connectivity index (χ1) is 11.2. The molecule has 1 N–H and O–H groups in total. The van der Waals surface area contributed by atoms with Crippen molar-refractivity contribution in [3.8, 4) is 5.75 Å². The normalized spacial score (nSPS) is 12.4. The van der Waals surface area contributed by atoms with E-state index >= 15 is 0 Å². The third-order valence-electron chi connectivity index (χ3n) is 3.52. The summed E-state index contributed by atoms with van der Waals surface area (Å²) >= 11 is 0. The van der Waals surface area contributed by atoms with Crippen molar-refractivity contribution in [2.24, 2.45) is 10.2 Å². The Kier molecular flexibility index (Phi) is 10.5. The molecule has 1 rings (SSSR count). The molecule has 5 heteroatoms. The van der Waals surface area contributed by atoms with Gasteiger partial charge >= 0.3 is 5.97 Å². The number of hydrogen-bond donors (Lipinski definition) is 1. The van der Waals surface area contributed by atoms with Gasteiger partial charge in [-0.15, -0.1) is 0 Å². The van der Waals surface area contributed by atoms with Gasteiger partial charge in [0, 0.05) is 6.42 Å². The zero-order valence-electron chi connectivity index (χ0n) is 14.0. The van der Waals surface area contributed by atoms with E-state index in [-0.39, 0.29) is 0 Å². The lowest BCUT2D eigenvalue weighted by Gasteiger charge is -2.08. The van der Waals surface area contributed by atoms with E-state index in [9.17, 15) is 4.79 Å². The van der Waals surface area contributed by atoms with Crippen LogP contribution in [0.3, 0.4) is 0 Å². The molecule has 0 radical (unpaired) electrons. The smallest absolute Gasteiger partial charge is 0.330 e. The summed E-state index contributed by atoms with van der Waals surface area (Å²) in [7, 11) is 0. The fraction of sp³-hybridized carbons (Fsp3) is 0.611. The second-order valence-electron chi connectivity index (χ2n) is 5.55. The number of azo groups is 1. The summed E-state index contributed by atoms with van der Waals surface area (Å²) in [5.41, 5.74) is 0. The van der Waals surface area contributed by atoms with Gasteiger partial charge < -0.3 is 9.84 Å². The van der Waals surface area contributed by atoms with E-state index in [1.807, 2.05) is 30.3 Å². The van der Waals surface area contributed by atoms with Crippen LogP contribution in [0.5, 0.6) is 5.75 Å². The molecule has 0 aliphatic carbocycles. The van der Waals surface area contributed by atoms with Crippen LogP contribution < -0.4 is 4.74 Å². The summed E-state index contributed by atoms with van der Waals surface area (Å²) in [6.07, 6.45) is 7.44. The summed E-state index contributed by atoms with van der Waals surface area (Å²) in [6, 6.07) is 8.53. The van der Waals surface area contributed by atoms with Gasteiger partial charge in [0.25, 0.3) is 0 Å². The van der Waals surface area contributed by atoms with Crippen LogP contribution in [0.1, 0.15) is 51.9 Å². The Labute approximate surface area is 138 Å². The molecular formula is C18H28N2O3. The molecule has 1 aromatic rings. The molecule has 0 saturated carbocycles. The van der Waals surface area contributed by atoms with E-state index in [1.165, 1.54) is 25.7 Å². The number of carboxylic acid groups (broad SMARTS) is 1. The van der Waals surface area contributed by atoms with E-state index < -0.39 is 12.0 Å². The third kappa shape index (κ3) is 9.66. The van der Waals surface area contributed by atoms with Crippen molar-refractivity contribution in [3.05, 3.63) is 30.3 Å². The highest BCUT2D eigenvalue weighted by molar-refractivity contribution is 5.73. The fourth-order valence-electron chi connectivity index (χ4n) is 2.15. The summed E-state index contributed by atoms with van der Waals surface area (Å²) in [5.74, 6) is -0.214. The zero-order valence-corrected chi connectivity index (χ0v) is 14.0. The molecule has 0 amide bonds. The number of carboxylic acids is 1. The highest BCUT2D eigenvalue weighted by Gasteiger charge is 2.16. The maximum Gasteiger partial charge on any atom is 0.330 e. The van der Waals surface area contributed by atoms with Crippen molar-refractivity contribution >= 4 is 5.97 Å². The first-order valence-electron chi connectivity index (χ1n) is 8.51. The first-order valence-corrected chi connectivity index (χ1v) is 8.51. The quantitative estimate of drug-likeness (QED) is 0.422. The monoisotopic (exact) mass is 320 g/mol. The molecule has 0 heterocycles. The van der Waals surface area contributed by atoms with Gasteiger partial charge in [0.1, 0.15) is 5.75 Å². The molecule has 23 heavy (non-hydrogen) atoms. The Hall–Kier alpha value is -1.91. The summed E-state index contributed by atoms with van der Waals surface area (Å²) in [5, 5.41) is 17.1. The molecule has 0 aromatic heterocycles. The van der Waals surface area contributed by atoms with Crippen LogP contribution in [0.4, 0.5) is 0 Å². The van der Waals surface area contributed by atoms with Crippen LogP contribution in [-0.4, -0.2) is 30.3 Å². The van der Waals surface area contributed by atoms with Crippen LogP contribution in [0.2, 0.25) is 0 Å². The molecule has 0 aliphatic heterocycles. The Bertz CT molecular complexity index is 449. The molecule has 0 aliphatic rings. The Balaban J connectivity index is 2.18. The Morgan fingerprint density at radius 2 is 1.83 bits per heavy atom. The molecule has 0 fully saturated rings. The average molecular weight is 320 g/mol. The summed E-state index contributed by atoms with van der Waals surface area (Å²) < 4.78 is 5.50. The molecule has 0 spiro atoms. The standard InChI is InChI=1S/C18H28N2O3/c1-2-3-4-5-6-10-14-19-20-17(18(21)22)13-15-23-16-11-8-7-9-12-16/h7-9,11-12,17H,2-6,10,13-15H2,1H3,(H,21,22). The molecular weight excluding hydrogens is 292 g/mol. The van der Waals surface area contributed by atoms with Crippen molar-refractivity contribution in [1.29, 1.82) is 0 Å². The largest absolute Gasteiger partial charge is 0.493 e. The number of para-hydroxylation sites is 1. The molecule has 5 nitrogen and oxygen atoms in total. The number of aliphatic carboxylic acids is 1. The highest BCUT2D eigenvalue weighted by Crippen LogP contribution is 2.10. The number of benzene rings is 1. The molecule has 1 aromatic carbocycles. The highest BCUT2D eigenvalue weighted by atomic mass is 16.5. The van der Waals surface area contributed by atoms with Gasteiger partial charge in [-0.2, -0.15) is 10.2 Å². The van der Waals surface area contributed by atoms with Crippen molar-refractivity contribution in [2.45, 2.75) is 57.9 Å². The first kappa shape index (κ1) is 19.1. The lowest BCUT2D eigenvalue weighted by atomic mass is 10.1. The van der Waals surface area contributed by atoms with E-state index in [2.05, 4.69) is 17.2 Å². The molecule has 128 valence electrons. The maximum absolute atomic E-state index is 11.2. The summed E-state index contributed by atoms with van der Waals surface area (Å²) in [4.78, 5) is 11.2. The number of rotatable bonds is 13. The van der Waals surface area contributed by atoms with Crippen molar-refractivity contribution in [2.75, 3.05) is 13.2 Å². The summed E-state index contributed by atoms with van der Waals surface area (Å²) in [6.45, 7) is 3.12. The minimum atomic E-state index is -0.951. The number of carbonyl (C=O) groups is 1.